The summed E-state index contributed by atoms with van der Waals surface area (Å²) < 4.78 is 0.383. The third-order valence-electron chi connectivity index (χ3n) is 1.30. The minimum atomic E-state index is -1.21. The van der Waals surface area contributed by atoms with Gasteiger partial charge < -0.3 is 5.11 Å². The van der Waals surface area contributed by atoms with Gasteiger partial charge in [0, 0.05) is 0 Å². The molecule has 1 rings (SSSR count). The molecule has 0 bridgehead atoms. The van der Waals surface area contributed by atoms with Crippen molar-refractivity contribution in [2.24, 2.45) is 0 Å². The van der Waals surface area contributed by atoms with Gasteiger partial charge in [-0.05, 0) is 13.0 Å². The zero-order chi connectivity index (χ0) is 10.0. The maximum absolute atomic E-state index is 11.0. The van der Waals surface area contributed by atoms with Crippen molar-refractivity contribution in [3.63, 3.8) is 0 Å². The van der Waals surface area contributed by atoms with E-state index in [0.717, 1.165) is 11.3 Å². The largest absolute Gasteiger partial charge is 0.465 e. The fourth-order valence-corrected chi connectivity index (χ4v) is 1.98. The third kappa shape index (κ3) is 2.43. The molecule has 6 heteroatoms. The molecule has 0 saturated carbocycles. The first-order valence-corrected chi connectivity index (χ1v) is 4.50. The number of carboxylic acid groups (broad SMARTS) is 1. The quantitative estimate of drug-likeness (QED) is 0.752. The van der Waals surface area contributed by atoms with Crippen LogP contribution in [0.4, 0.5) is 9.80 Å². The Morgan fingerprint density at radius 2 is 2.23 bits per heavy atom. The molecule has 0 radical (unpaired) electrons. The Hall–Kier alpha value is -1.07. The van der Waals surface area contributed by atoms with Gasteiger partial charge in [0.2, 0.25) is 0 Å². The van der Waals surface area contributed by atoms with Crippen LogP contribution in [0.15, 0.2) is 6.07 Å². The van der Waals surface area contributed by atoms with Crippen LogP contribution in [-0.4, -0.2) is 17.0 Å². The predicted octanol–water partition coefficient (Wildman–Crippen LogP) is 2.69. The van der Waals surface area contributed by atoms with E-state index in [1.807, 2.05) is 0 Å². The van der Waals surface area contributed by atoms with Crippen LogP contribution in [0.2, 0.25) is 4.34 Å². The molecular weight excluding hydrogens is 214 g/mol. The van der Waals surface area contributed by atoms with E-state index >= 15 is 0 Å². The van der Waals surface area contributed by atoms with Crippen LogP contribution >= 0.6 is 22.9 Å². The second-order valence-electron chi connectivity index (χ2n) is 2.28. The van der Waals surface area contributed by atoms with Crippen molar-refractivity contribution in [2.45, 2.75) is 6.92 Å². The van der Waals surface area contributed by atoms with Crippen LogP contribution in [0.5, 0.6) is 0 Å². The van der Waals surface area contributed by atoms with Crippen LogP contribution in [0.25, 0.3) is 0 Å². The molecule has 13 heavy (non-hydrogen) atoms. The maximum Gasteiger partial charge on any atom is 0.409 e. The Morgan fingerprint density at radius 3 is 2.69 bits per heavy atom. The van der Waals surface area contributed by atoms with Gasteiger partial charge in [-0.25, -0.2) is 4.79 Å². The number of ketones is 1. The number of nitrogens with one attached hydrogen (secondary N) is 1. The highest BCUT2D eigenvalue weighted by atomic mass is 35.5. The summed E-state index contributed by atoms with van der Waals surface area (Å²) >= 11 is 6.65. The van der Waals surface area contributed by atoms with E-state index in [0.29, 0.717) is 9.90 Å². The minimum Gasteiger partial charge on any atom is -0.465 e. The van der Waals surface area contributed by atoms with E-state index in [2.05, 4.69) is 5.32 Å². The molecule has 0 atom stereocenters. The van der Waals surface area contributed by atoms with E-state index in [-0.39, 0.29) is 10.8 Å². The number of anilines is 1. The number of rotatable bonds is 2. The molecule has 70 valence electrons. The second-order valence-corrected chi connectivity index (χ2v) is 3.96. The zero-order valence-electron chi connectivity index (χ0n) is 6.63. The molecule has 4 nitrogen and oxygen atoms in total. The maximum atomic E-state index is 11.0. The van der Waals surface area contributed by atoms with Gasteiger partial charge in [0.05, 0.1) is 9.90 Å². The van der Waals surface area contributed by atoms with Gasteiger partial charge in [-0.15, -0.1) is 11.3 Å². The predicted molar refractivity (Wildman–Crippen MR) is 51.0 cm³/mol. The van der Waals surface area contributed by atoms with Crippen molar-refractivity contribution in [3.05, 3.63) is 16.0 Å². The van der Waals surface area contributed by atoms with E-state index in [1.165, 1.54) is 13.0 Å². The lowest BCUT2D eigenvalue weighted by Crippen LogP contribution is -2.08. The summed E-state index contributed by atoms with van der Waals surface area (Å²) in [6.07, 6.45) is -1.21. The SMILES string of the molecule is CC(=O)c1cc(Cl)sc1NC(=O)O. The zero-order valence-corrected chi connectivity index (χ0v) is 8.20. The normalized spacial score (nSPS) is 9.69. The highest BCUT2D eigenvalue weighted by Gasteiger charge is 2.13. The summed E-state index contributed by atoms with van der Waals surface area (Å²) in [6, 6.07) is 1.44. The summed E-state index contributed by atoms with van der Waals surface area (Å²) in [4.78, 5) is 21.3. The number of amides is 1. The van der Waals surface area contributed by atoms with Crippen molar-refractivity contribution in [2.75, 3.05) is 5.32 Å². The molecule has 0 aliphatic rings. The first-order valence-electron chi connectivity index (χ1n) is 3.31. The summed E-state index contributed by atoms with van der Waals surface area (Å²) in [5.74, 6) is -0.216. The fourth-order valence-electron chi connectivity index (χ4n) is 0.812. The van der Waals surface area contributed by atoms with Crippen molar-refractivity contribution in [1.82, 2.24) is 0 Å². The minimum absolute atomic E-state index is 0.216. The topological polar surface area (TPSA) is 66.4 Å². The third-order valence-corrected chi connectivity index (χ3v) is 2.48. The molecule has 0 saturated heterocycles. The lowest BCUT2D eigenvalue weighted by molar-refractivity contribution is 0.101. The molecule has 1 aromatic rings. The van der Waals surface area contributed by atoms with Crippen LogP contribution < -0.4 is 5.32 Å². The number of halogens is 1. The number of Topliss-reactive ketones (excluding diaryl/α,β-unsaturated/α-hetero) is 1. The standard InChI is InChI=1S/C7H6ClNO3S/c1-3(10)4-2-5(8)13-6(4)9-7(11)12/h2,9H,1H3,(H,11,12). The lowest BCUT2D eigenvalue weighted by atomic mass is 10.2. The van der Waals surface area contributed by atoms with E-state index in [4.69, 9.17) is 16.7 Å². The van der Waals surface area contributed by atoms with Gasteiger partial charge in [-0.3, -0.25) is 10.1 Å². The molecule has 0 spiro atoms. The Morgan fingerprint density at radius 1 is 1.62 bits per heavy atom. The van der Waals surface area contributed by atoms with Gasteiger partial charge in [0.25, 0.3) is 0 Å². The van der Waals surface area contributed by atoms with E-state index < -0.39 is 6.09 Å². The van der Waals surface area contributed by atoms with Gasteiger partial charge >= 0.3 is 6.09 Å². The molecule has 0 aliphatic heterocycles. The van der Waals surface area contributed by atoms with Crippen LogP contribution in [0.1, 0.15) is 17.3 Å². The van der Waals surface area contributed by atoms with Crippen molar-refractivity contribution >= 4 is 39.8 Å². The molecule has 1 amide bonds. The molecule has 0 aromatic carbocycles. The van der Waals surface area contributed by atoms with Gasteiger partial charge in [-0.2, -0.15) is 0 Å². The highest BCUT2D eigenvalue weighted by Crippen LogP contribution is 2.31. The monoisotopic (exact) mass is 219 g/mol. The van der Waals surface area contributed by atoms with E-state index in [9.17, 15) is 9.59 Å². The van der Waals surface area contributed by atoms with E-state index in [1.54, 1.807) is 0 Å². The first-order chi connectivity index (χ1) is 6.00. The van der Waals surface area contributed by atoms with Gasteiger partial charge in [-0.1, -0.05) is 11.6 Å². The van der Waals surface area contributed by atoms with Crippen LogP contribution in [-0.2, 0) is 0 Å². The average Bonchev–Trinajstić information content (AvgIpc) is 2.29. The second kappa shape index (κ2) is 3.76. The van der Waals surface area contributed by atoms with Crippen LogP contribution in [0.3, 0.4) is 0 Å². The van der Waals surface area contributed by atoms with Crippen molar-refractivity contribution < 1.29 is 14.7 Å². The first kappa shape index (κ1) is 10.0. The van der Waals surface area contributed by atoms with Crippen molar-refractivity contribution in [3.8, 4) is 0 Å². The summed E-state index contributed by atoms with van der Waals surface area (Å²) in [5, 5.41) is 10.8. The number of hydrogen-bond donors (Lipinski definition) is 2. The Bertz CT molecular complexity index is 361. The highest BCUT2D eigenvalue weighted by molar-refractivity contribution is 7.20. The average molecular weight is 220 g/mol. The fraction of sp³-hybridized carbons (Fsp3) is 0.143. The summed E-state index contributed by atoms with van der Waals surface area (Å²) in [7, 11) is 0. The summed E-state index contributed by atoms with van der Waals surface area (Å²) in [6.45, 7) is 1.35. The van der Waals surface area contributed by atoms with Gasteiger partial charge in [0.1, 0.15) is 5.00 Å². The smallest absolute Gasteiger partial charge is 0.409 e. The molecular formula is C7H6ClNO3S. The number of carbonyl (C=O) groups is 2. The Labute approximate surface area is 83.1 Å². The molecule has 1 heterocycles. The molecule has 0 fully saturated rings. The number of carbonyl (C=O) groups excluding carboxylic acids is 1. The van der Waals surface area contributed by atoms with Crippen LogP contribution in [0, 0.1) is 0 Å². The summed E-state index contributed by atoms with van der Waals surface area (Å²) in [5.41, 5.74) is 0.303. The molecule has 0 aliphatic carbocycles. The Balaban J connectivity index is 3.04. The lowest BCUT2D eigenvalue weighted by Gasteiger charge is -1.97. The van der Waals surface area contributed by atoms with Crippen molar-refractivity contribution in [1.29, 1.82) is 0 Å². The number of hydrogen-bond acceptors (Lipinski definition) is 3. The molecule has 0 unspecified atom stereocenters. The number of thiophene rings is 1. The molecule has 2 N–H and O–H groups in total. The molecule has 1 aromatic heterocycles. The Kier molecular flexibility index (Phi) is 2.90. The van der Waals surface area contributed by atoms with Gasteiger partial charge in [0.15, 0.2) is 5.78 Å².